The number of hydrogen-bond acceptors (Lipinski definition) is 3. The Hall–Kier alpha value is -2.99. The third-order valence-corrected chi connectivity index (χ3v) is 5.61. The van der Waals surface area contributed by atoms with Crippen LogP contribution in [0.2, 0.25) is 0 Å². The topological polar surface area (TPSA) is 52.2 Å². The molecule has 4 rings (SSSR count). The van der Waals surface area contributed by atoms with Crippen LogP contribution < -0.4 is 0 Å². The molecule has 2 heterocycles. The Morgan fingerprint density at radius 1 is 1.24 bits per heavy atom. The highest BCUT2D eigenvalue weighted by Gasteiger charge is 2.28. The second-order valence-electron chi connectivity index (χ2n) is 7.52. The molecule has 1 fully saturated rings. The molecule has 1 aliphatic rings. The molecule has 1 aromatic heterocycles. The number of likely N-dealkylation sites (tertiary alicyclic amines) is 1. The van der Waals surface area contributed by atoms with E-state index in [1.165, 1.54) is 6.07 Å². The van der Waals surface area contributed by atoms with E-state index in [-0.39, 0.29) is 17.8 Å². The second-order valence-corrected chi connectivity index (χ2v) is 7.52. The zero-order valence-electron chi connectivity index (χ0n) is 16.5. The van der Waals surface area contributed by atoms with Gasteiger partial charge in [0.1, 0.15) is 11.6 Å². The lowest BCUT2D eigenvalue weighted by molar-refractivity contribution is 0.0608. The number of hydrogen-bond donors (Lipinski definition) is 1. The fourth-order valence-electron chi connectivity index (χ4n) is 4.00. The fourth-order valence-corrected chi connectivity index (χ4v) is 4.00. The van der Waals surface area contributed by atoms with Crippen LogP contribution in [0.15, 0.2) is 60.9 Å². The highest BCUT2D eigenvalue weighted by molar-refractivity contribution is 6.00. The quantitative estimate of drug-likeness (QED) is 0.715. The molecule has 5 nitrogen and oxygen atoms in total. The predicted octanol–water partition coefficient (Wildman–Crippen LogP) is 3.95. The van der Waals surface area contributed by atoms with Gasteiger partial charge in [-0.1, -0.05) is 36.4 Å². The number of nitrogens with one attached hydrogen (secondary N) is 1. The number of rotatable bonds is 5. The number of halogens is 1. The summed E-state index contributed by atoms with van der Waals surface area (Å²) in [6.45, 7) is 2.21. The SMILES string of the molecule is CN(C(=O)c1ccccc1-c1ncc[nH]1)C1CCCN(Cc2ccccc2F)C1. The molecule has 0 bridgehead atoms. The molecule has 0 spiro atoms. The number of H-pyrrole nitrogens is 1. The molecular weight excluding hydrogens is 367 g/mol. The molecule has 6 heteroatoms. The molecule has 3 aromatic rings. The zero-order chi connectivity index (χ0) is 20.2. The first-order valence-electron chi connectivity index (χ1n) is 9.95. The average molecular weight is 392 g/mol. The Kier molecular flexibility index (Phi) is 5.71. The number of carbonyl (C=O) groups excluding carboxylic acids is 1. The largest absolute Gasteiger partial charge is 0.345 e. The Morgan fingerprint density at radius 3 is 2.83 bits per heavy atom. The van der Waals surface area contributed by atoms with Crippen LogP contribution in [-0.4, -0.2) is 51.9 Å². The summed E-state index contributed by atoms with van der Waals surface area (Å²) >= 11 is 0. The highest BCUT2D eigenvalue weighted by atomic mass is 19.1. The number of amides is 1. The summed E-state index contributed by atoms with van der Waals surface area (Å²) in [5, 5.41) is 0. The molecule has 0 saturated carbocycles. The second kappa shape index (κ2) is 8.57. The van der Waals surface area contributed by atoms with Gasteiger partial charge in [0, 0.05) is 49.7 Å². The number of carbonyl (C=O) groups is 1. The van der Waals surface area contributed by atoms with E-state index in [1.54, 1.807) is 18.5 Å². The van der Waals surface area contributed by atoms with E-state index in [1.807, 2.05) is 48.3 Å². The number of imidazole rings is 1. The van der Waals surface area contributed by atoms with Crippen LogP contribution in [-0.2, 0) is 6.54 Å². The van der Waals surface area contributed by atoms with Crippen LogP contribution in [0.4, 0.5) is 4.39 Å². The number of likely N-dealkylation sites (N-methyl/N-ethyl adjacent to an activating group) is 1. The van der Waals surface area contributed by atoms with E-state index in [0.29, 0.717) is 23.5 Å². The van der Waals surface area contributed by atoms with Crippen LogP contribution in [0.3, 0.4) is 0 Å². The molecule has 2 aromatic carbocycles. The summed E-state index contributed by atoms with van der Waals surface area (Å²) in [5.74, 6) is 0.494. The molecule has 150 valence electrons. The van der Waals surface area contributed by atoms with Crippen molar-refractivity contribution in [3.63, 3.8) is 0 Å². The number of benzene rings is 2. The predicted molar refractivity (Wildman–Crippen MR) is 111 cm³/mol. The van der Waals surface area contributed by atoms with Crippen LogP contribution in [0, 0.1) is 5.82 Å². The highest BCUT2D eigenvalue weighted by Crippen LogP contribution is 2.24. The van der Waals surface area contributed by atoms with Crippen molar-refractivity contribution in [1.29, 1.82) is 0 Å². The van der Waals surface area contributed by atoms with E-state index < -0.39 is 0 Å². The van der Waals surface area contributed by atoms with Crippen molar-refractivity contribution >= 4 is 5.91 Å². The minimum Gasteiger partial charge on any atom is -0.345 e. The number of nitrogens with zero attached hydrogens (tertiary/aromatic N) is 3. The molecule has 1 atom stereocenters. The lowest BCUT2D eigenvalue weighted by Crippen LogP contribution is -2.48. The Balaban J connectivity index is 1.49. The maximum Gasteiger partial charge on any atom is 0.254 e. The number of aromatic amines is 1. The minimum absolute atomic E-state index is 0.0188. The summed E-state index contributed by atoms with van der Waals surface area (Å²) in [7, 11) is 1.86. The van der Waals surface area contributed by atoms with E-state index in [9.17, 15) is 9.18 Å². The standard InChI is InChI=1S/C23H25FN4O/c1-27(23(29)20-10-4-3-9-19(20)22-25-12-13-26-22)18-8-6-14-28(16-18)15-17-7-2-5-11-21(17)24/h2-5,7,9-13,18H,6,8,14-16H2,1H3,(H,25,26). The molecule has 1 aliphatic heterocycles. The van der Waals surface area contributed by atoms with Crippen molar-refractivity contribution in [3.8, 4) is 11.4 Å². The van der Waals surface area contributed by atoms with Crippen molar-refractivity contribution in [2.75, 3.05) is 20.1 Å². The fraction of sp³-hybridized carbons (Fsp3) is 0.304. The Morgan fingerprint density at radius 2 is 2.03 bits per heavy atom. The van der Waals surface area contributed by atoms with E-state index in [4.69, 9.17) is 0 Å². The molecule has 1 saturated heterocycles. The smallest absolute Gasteiger partial charge is 0.254 e. The maximum atomic E-state index is 14.0. The average Bonchev–Trinajstić information content (AvgIpc) is 3.29. The lowest BCUT2D eigenvalue weighted by atomic mass is 10.0. The monoisotopic (exact) mass is 392 g/mol. The van der Waals surface area contributed by atoms with Crippen LogP contribution >= 0.6 is 0 Å². The van der Waals surface area contributed by atoms with Gasteiger partial charge in [-0.3, -0.25) is 9.69 Å². The van der Waals surface area contributed by atoms with E-state index >= 15 is 0 Å². The van der Waals surface area contributed by atoms with Gasteiger partial charge in [-0.05, 0) is 31.5 Å². The summed E-state index contributed by atoms with van der Waals surface area (Å²) in [6.07, 6.45) is 5.36. The van der Waals surface area contributed by atoms with Crippen molar-refractivity contribution in [1.82, 2.24) is 19.8 Å². The van der Waals surface area contributed by atoms with Gasteiger partial charge in [-0.15, -0.1) is 0 Å². The lowest BCUT2D eigenvalue weighted by Gasteiger charge is -2.38. The third-order valence-electron chi connectivity index (χ3n) is 5.61. The van der Waals surface area contributed by atoms with Crippen molar-refractivity contribution in [2.24, 2.45) is 0 Å². The first-order valence-corrected chi connectivity index (χ1v) is 9.95. The molecule has 0 aliphatic carbocycles. The molecular formula is C23H25FN4O. The van der Waals surface area contributed by atoms with Crippen molar-refractivity contribution in [2.45, 2.75) is 25.4 Å². The summed E-state index contributed by atoms with van der Waals surface area (Å²) < 4.78 is 14.0. The molecule has 1 N–H and O–H groups in total. The molecule has 1 unspecified atom stereocenters. The Bertz CT molecular complexity index is 973. The van der Waals surface area contributed by atoms with Crippen molar-refractivity contribution < 1.29 is 9.18 Å². The van der Waals surface area contributed by atoms with Gasteiger partial charge in [0.25, 0.3) is 5.91 Å². The molecule has 0 radical (unpaired) electrons. The first-order chi connectivity index (χ1) is 14.1. The molecule has 1 amide bonds. The van der Waals surface area contributed by atoms with Gasteiger partial charge in [-0.25, -0.2) is 9.37 Å². The van der Waals surface area contributed by atoms with Crippen LogP contribution in [0.1, 0.15) is 28.8 Å². The van der Waals surface area contributed by atoms with Gasteiger partial charge in [0.2, 0.25) is 0 Å². The summed E-state index contributed by atoms with van der Waals surface area (Å²) in [6, 6.07) is 14.5. The number of aromatic nitrogens is 2. The van der Waals surface area contributed by atoms with Crippen LogP contribution in [0.5, 0.6) is 0 Å². The zero-order valence-corrected chi connectivity index (χ0v) is 16.5. The van der Waals surface area contributed by atoms with Gasteiger partial charge in [-0.2, -0.15) is 0 Å². The third kappa shape index (κ3) is 4.22. The van der Waals surface area contributed by atoms with Gasteiger partial charge in [0.15, 0.2) is 0 Å². The Labute approximate surface area is 170 Å². The van der Waals surface area contributed by atoms with E-state index in [2.05, 4.69) is 14.9 Å². The van der Waals surface area contributed by atoms with Gasteiger partial charge in [0.05, 0.1) is 5.56 Å². The summed E-state index contributed by atoms with van der Waals surface area (Å²) in [4.78, 5) is 24.7. The van der Waals surface area contributed by atoms with Crippen molar-refractivity contribution in [3.05, 3.63) is 77.9 Å². The van der Waals surface area contributed by atoms with Gasteiger partial charge >= 0.3 is 0 Å². The molecule has 29 heavy (non-hydrogen) atoms. The van der Waals surface area contributed by atoms with Crippen LogP contribution in [0.25, 0.3) is 11.4 Å². The number of piperidine rings is 1. The van der Waals surface area contributed by atoms with E-state index in [0.717, 1.165) is 31.5 Å². The first kappa shape index (κ1) is 19.3. The maximum absolute atomic E-state index is 14.0. The van der Waals surface area contributed by atoms with Gasteiger partial charge < -0.3 is 9.88 Å². The minimum atomic E-state index is -0.175. The summed E-state index contributed by atoms with van der Waals surface area (Å²) in [5.41, 5.74) is 2.13. The normalized spacial score (nSPS) is 17.2.